The Labute approximate surface area is 159 Å². The summed E-state index contributed by atoms with van der Waals surface area (Å²) in [7, 11) is 0. The molecular weight excluding hydrogens is 338 g/mol. The summed E-state index contributed by atoms with van der Waals surface area (Å²) in [4.78, 5) is 29.2. The van der Waals surface area contributed by atoms with Crippen LogP contribution in [0.4, 0.5) is 5.69 Å². The van der Waals surface area contributed by atoms with Gasteiger partial charge in [-0.15, -0.1) is 0 Å². The minimum atomic E-state index is -0.0809. The number of aromatic nitrogens is 1. The Hall–Kier alpha value is -3.08. The number of hydrogen-bond acceptors (Lipinski definition) is 2. The number of carbonyl (C=O) groups is 2. The number of amides is 2. The lowest BCUT2D eigenvalue weighted by Gasteiger charge is -2.21. The van der Waals surface area contributed by atoms with Gasteiger partial charge in [0.05, 0.1) is 0 Å². The van der Waals surface area contributed by atoms with Crippen molar-refractivity contribution < 1.29 is 9.59 Å². The Morgan fingerprint density at radius 1 is 1.04 bits per heavy atom. The summed E-state index contributed by atoms with van der Waals surface area (Å²) in [5, 5.41) is 4.10. The fourth-order valence-corrected chi connectivity index (χ4v) is 3.18. The molecule has 0 radical (unpaired) electrons. The van der Waals surface area contributed by atoms with Crippen molar-refractivity contribution in [1.82, 2.24) is 9.88 Å². The first-order valence-corrected chi connectivity index (χ1v) is 9.20. The van der Waals surface area contributed by atoms with Crippen molar-refractivity contribution >= 4 is 28.4 Å². The lowest BCUT2D eigenvalue weighted by atomic mass is 10.1. The van der Waals surface area contributed by atoms with Crippen LogP contribution in [0.2, 0.25) is 0 Å². The molecule has 0 spiro atoms. The highest BCUT2D eigenvalue weighted by atomic mass is 16.2. The van der Waals surface area contributed by atoms with Crippen molar-refractivity contribution in [2.75, 3.05) is 18.4 Å². The molecule has 27 heavy (non-hydrogen) atoms. The molecule has 0 atom stereocenters. The summed E-state index contributed by atoms with van der Waals surface area (Å²) in [5.41, 5.74) is 4.12. The van der Waals surface area contributed by atoms with Crippen LogP contribution in [-0.4, -0.2) is 34.8 Å². The largest absolute Gasteiger partial charge is 0.361 e. The van der Waals surface area contributed by atoms with Gasteiger partial charge in [0.25, 0.3) is 0 Å². The second-order valence-corrected chi connectivity index (χ2v) is 6.73. The third-order valence-corrected chi connectivity index (χ3v) is 4.80. The average molecular weight is 363 g/mol. The van der Waals surface area contributed by atoms with Gasteiger partial charge in [-0.2, -0.15) is 0 Å². The summed E-state index contributed by atoms with van der Waals surface area (Å²) < 4.78 is 0. The molecule has 0 saturated carbocycles. The Morgan fingerprint density at radius 3 is 2.56 bits per heavy atom. The molecule has 0 aliphatic rings. The van der Waals surface area contributed by atoms with Gasteiger partial charge in [-0.3, -0.25) is 9.59 Å². The fourth-order valence-electron chi connectivity index (χ4n) is 3.18. The van der Waals surface area contributed by atoms with E-state index in [1.165, 1.54) is 10.9 Å². The number of rotatable bonds is 7. The van der Waals surface area contributed by atoms with Crippen molar-refractivity contribution in [3.8, 4) is 0 Å². The summed E-state index contributed by atoms with van der Waals surface area (Å²) in [5.74, 6) is -0.0961. The summed E-state index contributed by atoms with van der Waals surface area (Å²) in [6.45, 7) is 4.51. The third kappa shape index (κ3) is 4.76. The molecule has 3 rings (SSSR count). The fraction of sp³-hybridized carbons (Fsp3) is 0.273. The molecule has 5 heteroatoms. The number of aryl methyl sites for hydroxylation is 1. The van der Waals surface area contributed by atoms with E-state index < -0.39 is 0 Å². The molecule has 2 amide bonds. The maximum Gasteiger partial charge on any atom is 0.226 e. The highest BCUT2D eigenvalue weighted by molar-refractivity contribution is 5.91. The van der Waals surface area contributed by atoms with Gasteiger partial charge >= 0.3 is 0 Å². The number of H-pyrrole nitrogens is 1. The third-order valence-electron chi connectivity index (χ3n) is 4.80. The zero-order valence-electron chi connectivity index (χ0n) is 15.8. The van der Waals surface area contributed by atoms with E-state index in [1.807, 2.05) is 55.6 Å². The maximum absolute atomic E-state index is 12.2. The van der Waals surface area contributed by atoms with Gasteiger partial charge in [-0.1, -0.05) is 36.4 Å². The van der Waals surface area contributed by atoms with Crippen molar-refractivity contribution in [2.45, 2.75) is 26.7 Å². The van der Waals surface area contributed by atoms with Gasteiger partial charge in [0, 0.05) is 49.2 Å². The van der Waals surface area contributed by atoms with Gasteiger partial charge in [-0.25, -0.2) is 0 Å². The number of aromatic amines is 1. The lowest BCUT2D eigenvalue weighted by molar-refractivity contribution is -0.129. The second kappa shape index (κ2) is 8.54. The molecular formula is C22H25N3O2. The molecule has 2 N–H and O–H groups in total. The molecule has 3 aromatic rings. The quantitative estimate of drug-likeness (QED) is 0.669. The van der Waals surface area contributed by atoms with E-state index in [1.54, 1.807) is 11.8 Å². The number of nitrogens with one attached hydrogen (secondary N) is 2. The topological polar surface area (TPSA) is 65.2 Å². The van der Waals surface area contributed by atoms with Crippen molar-refractivity contribution in [2.24, 2.45) is 0 Å². The van der Waals surface area contributed by atoms with Crippen LogP contribution in [0.5, 0.6) is 0 Å². The first-order chi connectivity index (χ1) is 13.0. The number of nitrogens with zero attached hydrogens (tertiary/aromatic N) is 1. The van der Waals surface area contributed by atoms with E-state index in [0.29, 0.717) is 13.1 Å². The molecule has 0 unspecified atom stereocenters. The number of benzene rings is 2. The number of carbonyl (C=O) groups excluding carboxylic acids is 2. The van der Waals surface area contributed by atoms with Crippen LogP contribution in [0.3, 0.4) is 0 Å². The molecule has 0 fully saturated rings. The van der Waals surface area contributed by atoms with Gasteiger partial charge < -0.3 is 15.2 Å². The number of hydrogen-bond donors (Lipinski definition) is 2. The summed E-state index contributed by atoms with van der Waals surface area (Å²) in [6.07, 6.45) is 3.03. The Morgan fingerprint density at radius 2 is 1.78 bits per heavy atom. The van der Waals surface area contributed by atoms with Gasteiger partial charge in [0.15, 0.2) is 0 Å². The molecule has 5 nitrogen and oxygen atoms in total. The van der Waals surface area contributed by atoms with E-state index in [9.17, 15) is 9.59 Å². The Bertz CT molecular complexity index is 945. The molecule has 0 saturated heterocycles. The zero-order chi connectivity index (χ0) is 19.2. The molecule has 0 aliphatic carbocycles. The van der Waals surface area contributed by atoms with Crippen LogP contribution in [0.15, 0.2) is 54.7 Å². The SMILES string of the molecule is CC(=O)N(CCC(=O)Nc1ccccc1C)CCc1c[nH]c2ccccc12. The first kappa shape index (κ1) is 18.7. The van der Waals surface area contributed by atoms with E-state index >= 15 is 0 Å². The minimum Gasteiger partial charge on any atom is -0.361 e. The van der Waals surface area contributed by atoms with E-state index in [-0.39, 0.29) is 18.2 Å². The normalized spacial score (nSPS) is 10.7. The maximum atomic E-state index is 12.2. The average Bonchev–Trinajstić information content (AvgIpc) is 3.06. The van der Waals surface area contributed by atoms with Gasteiger partial charge in [-0.05, 0) is 36.6 Å². The lowest BCUT2D eigenvalue weighted by Crippen LogP contribution is -2.33. The monoisotopic (exact) mass is 363 g/mol. The predicted molar refractivity (Wildman–Crippen MR) is 109 cm³/mol. The zero-order valence-corrected chi connectivity index (χ0v) is 15.8. The van der Waals surface area contributed by atoms with Crippen LogP contribution < -0.4 is 5.32 Å². The highest BCUT2D eigenvalue weighted by Crippen LogP contribution is 2.18. The highest BCUT2D eigenvalue weighted by Gasteiger charge is 2.13. The van der Waals surface area contributed by atoms with Crippen LogP contribution >= 0.6 is 0 Å². The molecule has 1 aromatic heterocycles. The summed E-state index contributed by atoms with van der Waals surface area (Å²) >= 11 is 0. The second-order valence-electron chi connectivity index (χ2n) is 6.73. The first-order valence-electron chi connectivity index (χ1n) is 9.20. The molecule has 1 heterocycles. The number of fused-ring (bicyclic) bond motifs is 1. The molecule has 140 valence electrons. The van der Waals surface area contributed by atoms with Crippen LogP contribution in [0, 0.1) is 6.92 Å². The van der Waals surface area contributed by atoms with Crippen molar-refractivity contribution in [1.29, 1.82) is 0 Å². The van der Waals surface area contributed by atoms with Crippen LogP contribution in [0.1, 0.15) is 24.5 Å². The van der Waals surface area contributed by atoms with Crippen molar-refractivity contribution in [3.05, 3.63) is 65.9 Å². The number of para-hydroxylation sites is 2. The predicted octanol–water partition coefficient (Wildman–Crippen LogP) is 3.90. The van der Waals surface area contributed by atoms with Crippen LogP contribution in [-0.2, 0) is 16.0 Å². The van der Waals surface area contributed by atoms with Crippen molar-refractivity contribution in [3.63, 3.8) is 0 Å². The number of anilines is 1. The minimum absolute atomic E-state index is 0.0152. The molecule has 0 bridgehead atoms. The van der Waals surface area contributed by atoms with E-state index in [4.69, 9.17) is 0 Å². The smallest absolute Gasteiger partial charge is 0.226 e. The van der Waals surface area contributed by atoms with Gasteiger partial charge in [0.2, 0.25) is 11.8 Å². The molecule has 0 aliphatic heterocycles. The Balaban J connectivity index is 1.55. The van der Waals surface area contributed by atoms with E-state index in [0.717, 1.165) is 23.2 Å². The Kier molecular flexibility index (Phi) is 5.91. The standard InChI is InChI=1S/C22H25N3O2/c1-16-7-3-5-9-20(16)24-22(27)12-14-25(17(2)26)13-11-18-15-23-21-10-6-4-8-19(18)21/h3-10,15,23H,11-14H2,1-2H3,(H,24,27). The van der Waals surface area contributed by atoms with Crippen LogP contribution in [0.25, 0.3) is 10.9 Å². The molecule has 2 aromatic carbocycles. The van der Waals surface area contributed by atoms with E-state index in [2.05, 4.69) is 16.4 Å². The summed E-state index contributed by atoms with van der Waals surface area (Å²) in [6, 6.07) is 15.8. The van der Waals surface area contributed by atoms with Gasteiger partial charge in [0.1, 0.15) is 0 Å².